The molecule has 0 aromatic rings. The molecule has 0 aromatic heterocycles. The molecule has 3 heteroatoms. The zero-order chi connectivity index (χ0) is 9.40. The summed E-state index contributed by atoms with van der Waals surface area (Å²) in [7, 11) is 1.27. The maximum Gasteiger partial charge on any atom is 0.348 e. The van der Waals surface area contributed by atoms with Crippen LogP contribution in [0.15, 0.2) is 11.6 Å². The largest absolute Gasteiger partial charge is 0.465 e. The summed E-state index contributed by atoms with van der Waals surface area (Å²) < 4.78 is 4.40. The summed E-state index contributed by atoms with van der Waals surface area (Å²) >= 11 is 0. The molecule has 0 spiro atoms. The minimum atomic E-state index is -0.548. The van der Waals surface area contributed by atoms with E-state index in [-0.39, 0.29) is 5.57 Å². The van der Waals surface area contributed by atoms with Crippen LogP contribution in [0.2, 0.25) is 0 Å². The lowest BCUT2D eigenvalue weighted by molar-refractivity contribution is -0.135. The Morgan fingerprint density at radius 1 is 1.67 bits per heavy atom. The van der Waals surface area contributed by atoms with E-state index >= 15 is 0 Å². The van der Waals surface area contributed by atoms with Crippen molar-refractivity contribution < 1.29 is 9.53 Å². The lowest BCUT2D eigenvalue weighted by Crippen LogP contribution is -2.02. The first-order chi connectivity index (χ1) is 5.76. The van der Waals surface area contributed by atoms with Crippen molar-refractivity contribution in [2.24, 2.45) is 0 Å². The fourth-order valence-corrected chi connectivity index (χ4v) is 0.735. The number of nitrogens with zero attached hydrogens (tertiary/aromatic N) is 1. The van der Waals surface area contributed by atoms with Crippen molar-refractivity contribution in [2.45, 2.75) is 26.2 Å². The van der Waals surface area contributed by atoms with E-state index in [1.807, 2.05) is 0 Å². The molecule has 0 atom stereocenters. The number of carbonyl (C=O) groups excluding carboxylic acids is 1. The monoisotopic (exact) mass is 167 g/mol. The molecule has 3 nitrogen and oxygen atoms in total. The van der Waals surface area contributed by atoms with Crippen molar-refractivity contribution in [3.05, 3.63) is 11.6 Å². The maximum absolute atomic E-state index is 10.8. The molecule has 0 unspecified atom stereocenters. The highest BCUT2D eigenvalue weighted by atomic mass is 16.5. The van der Waals surface area contributed by atoms with E-state index < -0.39 is 5.97 Å². The number of carbonyl (C=O) groups is 1. The topological polar surface area (TPSA) is 50.1 Å². The van der Waals surface area contributed by atoms with Crippen LogP contribution < -0.4 is 0 Å². The molecule has 0 fully saturated rings. The number of hydrogen-bond donors (Lipinski definition) is 0. The molecule has 0 radical (unpaired) electrons. The van der Waals surface area contributed by atoms with Crippen molar-refractivity contribution in [3.8, 4) is 6.07 Å². The molecular formula is C9H13NO2. The second kappa shape index (κ2) is 6.41. The summed E-state index contributed by atoms with van der Waals surface area (Å²) in [5.74, 6) is -0.548. The van der Waals surface area contributed by atoms with Crippen LogP contribution in [-0.4, -0.2) is 13.1 Å². The van der Waals surface area contributed by atoms with Crippen LogP contribution in [-0.2, 0) is 9.53 Å². The van der Waals surface area contributed by atoms with Crippen LogP contribution >= 0.6 is 0 Å². The van der Waals surface area contributed by atoms with E-state index in [0.717, 1.165) is 19.3 Å². The first kappa shape index (κ1) is 10.7. The minimum absolute atomic E-state index is 0.103. The fourth-order valence-electron chi connectivity index (χ4n) is 0.735. The minimum Gasteiger partial charge on any atom is -0.465 e. The molecule has 0 aliphatic rings. The number of methoxy groups -OCH3 is 1. The molecule has 0 rings (SSSR count). The first-order valence-corrected chi connectivity index (χ1v) is 3.94. The molecule has 0 bridgehead atoms. The third-order valence-corrected chi connectivity index (χ3v) is 1.43. The van der Waals surface area contributed by atoms with Gasteiger partial charge in [0.05, 0.1) is 7.11 Å². The van der Waals surface area contributed by atoms with Crippen LogP contribution in [0, 0.1) is 11.3 Å². The predicted octanol–water partition coefficient (Wildman–Crippen LogP) is 1.80. The zero-order valence-corrected chi connectivity index (χ0v) is 7.46. The highest BCUT2D eigenvalue weighted by molar-refractivity contribution is 5.92. The Morgan fingerprint density at radius 2 is 2.33 bits per heavy atom. The Bertz CT molecular complexity index is 213. The van der Waals surface area contributed by atoms with E-state index in [2.05, 4.69) is 11.7 Å². The molecule has 12 heavy (non-hydrogen) atoms. The molecule has 0 saturated carbocycles. The lowest BCUT2D eigenvalue weighted by Gasteiger charge is -1.95. The third kappa shape index (κ3) is 3.77. The normalized spacial score (nSPS) is 10.6. The average Bonchev–Trinajstić information content (AvgIpc) is 2.11. The zero-order valence-electron chi connectivity index (χ0n) is 7.46. The van der Waals surface area contributed by atoms with Gasteiger partial charge in [-0.15, -0.1) is 0 Å². The maximum atomic E-state index is 10.8. The summed E-state index contributed by atoms with van der Waals surface area (Å²) in [4.78, 5) is 10.8. The Kier molecular flexibility index (Phi) is 5.72. The van der Waals surface area contributed by atoms with Gasteiger partial charge in [-0.1, -0.05) is 25.8 Å². The highest BCUT2D eigenvalue weighted by Crippen LogP contribution is 2.01. The van der Waals surface area contributed by atoms with E-state index in [4.69, 9.17) is 5.26 Å². The molecule has 0 N–H and O–H groups in total. The predicted molar refractivity (Wildman–Crippen MR) is 45.2 cm³/mol. The second-order valence-electron chi connectivity index (χ2n) is 2.36. The number of allylic oxidation sites excluding steroid dienone is 1. The Labute approximate surface area is 72.6 Å². The summed E-state index contributed by atoms with van der Waals surface area (Å²) in [6.45, 7) is 2.05. The Balaban J connectivity index is 4.07. The summed E-state index contributed by atoms with van der Waals surface area (Å²) in [6, 6.07) is 1.80. The number of rotatable bonds is 4. The molecular weight excluding hydrogens is 154 g/mol. The van der Waals surface area contributed by atoms with Crippen molar-refractivity contribution in [1.29, 1.82) is 5.26 Å². The van der Waals surface area contributed by atoms with Crippen molar-refractivity contribution >= 4 is 5.97 Å². The van der Waals surface area contributed by atoms with Gasteiger partial charge in [0, 0.05) is 0 Å². The van der Waals surface area contributed by atoms with Gasteiger partial charge >= 0.3 is 5.97 Å². The third-order valence-electron chi connectivity index (χ3n) is 1.43. The van der Waals surface area contributed by atoms with Crippen molar-refractivity contribution in [1.82, 2.24) is 0 Å². The number of ether oxygens (including phenoxy) is 1. The molecule has 0 aliphatic carbocycles. The molecule has 0 amide bonds. The number of nitriles is 1. The van der Waals surface area contributed by atoms with Crippen LogP contribution in [0.25, 0.3) is 0 Å². The van der Waals surface area contributed by atoms with E-state index in [1.54, 1.807) is 12.1 Å². The number of unbranched alkanes of at least 4 members (excludes halogenated alkanes) is 2. The number of hydrogen-bond acceptors (Lipinski definition) is 3. The van der Waals surface area contributed by atoms with Gasteiger partial charge in [0.2, 0.25) is 0 Å². The fraction of sp³-hybridized carbons (Fsp3) is 0.556. The molecule has 0 heterocycles. The SMILES string of the molecule is CCCC/C=C(/C#N)C(=O)OC. The van der Waals surface area contributed by atoms with Crippen LogP contribution in [0.1, 0.15) is 26.2 Å². The highest BCUT2D eigenvalue weighted by Gasteiger charge is 2.06. The summed E-state index contributed by atoms with van der Waals surface area (Å²) in [6.07, 6.45) is 4.42. The average molecular weight is 167 g/mol. The lowest BCUT2D eigenvalue weighted by atomic mass is 10.2. The van der Waals surface area contributed by atoms with Gasteiger partial charge in [0.15, 0.2) is 0 Å². The molecule has 0 saturated heterocycles. The summed E-state index contributed by atoms with van der Waals surface area (Å²) in [5.41, 5.74) is 0.103. The van der Waals surface area contributed by atoms with Crippen LogP contribution in [0.4, 0.5) is 0 Å². The molecule has 0 aromatic carbocycles. The quantitative estimate of drug-likeness (QED) is 0.277. The van der Waals surface area contributed by atoms with E-state index in [0.29, 0.717) is 0 Å². The smallest absolute Gasteiger partial charge is 0.348 e. The van der Waals surface area contributed by atoms with Crippen LogP contribution in [0.3, 0.4) is 0 Å². The van der Waals surface area contributed by atoms with E-state index in [9.17, 15) is 4.79 Å². The molecule has 0 aliphatic heterocycles. The van der Waals surface area contributed by atoms with Gasteiger partial charge in [0.1, 0.15) is 11.6 Å². The number of esters is 1. The van der Waals surface area contributed by atoms with Crippen molar-refractivity contribution in [3.63, 3.8) is 0 Å². The standard InChI is InChI=1S/C9H13NO2/c1-3-4-5-6-8(7-10)9(11)12-2/h6H,3-5H2,1-2H3/b8-6-. The van der Waals surface area contributed by atoms with Gasteiger partial charge in [-0.25, -0.2) is 4.79 Å². The van der Waals surface area contributed by atoms with Crippen LogP contribution in [0.5, 0.6) is 0 Å². The van der Waals surface area contributed by atoms with Gasteiger partial charge in [-0.3, -0.25) is 0 Å². The Hall–Kier alpha value is -1.30. The van der Waals surface area contributed by atoms with Gasteiger partial charge in [-0.2, -0.15) is 5.26 Å². The van der Waals surface area contributed by atoms with Gasteiger partial charge in [0.25, 0.3) is 0 Å². The van der Waals surface area contributed by atoms with E-state index in [1.165, 1.54) is 7.11 Å². The second-order valence-corrected chi connectivity index (χ2v) is 2.36. The van der Waals surface area contributed by atoms with Gasteiger partial charge in [-0.05, 0) is 6.42 Å². The summed E-state index contributed by atoms with van der Waals surface area (Å²) in [5, 5.41) is 8.51. The Morgan fingerprint density at radius 3 is 2.75 bits per heavy atom. The van der Waals surface area contributed by atoms with Gasteiger partial charge < -0.3 is 4.74 Å². The first-order valence-electron chi connectivity index (χ1n) is 3.94. The van der Waals surface area contributed by atoms with Crippen molar-refractivity contribution in [2.75, 3.05) is 7.11 Å². The molecule has 66 valence electrons.